The summed E-state index contributed by atoms with van der Waals surface area (Å²) in [6.45, 7) is 8.97. The molecular formula is C15H27N5O3. The first-order chi connectivity index (χ1) is 10.7. The minimum atomic E-state index is -0.733. The molecule has 0 spiro atoms. The van der Waals surface area contributed by atoms with E-state index in [1.165, 1.54) is 0 Å². The predicted molar refractivity (Wildman–Crippen MR) is 86.8 cm³/mol. The van der Waals surface area contributed by atoms with Crippen LogP contribution in [0.4, 0.5) is 4.79 Å². The van der Waals surface area contributed by atoms with Gasteiger partial charge in [-0.05, 0) is 51.5 Å². The summed E-state index contributed by atoms with van der Waals surface area (Å²) in [7, 11) is 0. The van der Waals surface area contributed by atoms with E-state index >= 15 is 0 Å². The Hall–Kier alpha value is -1.95. The molecule has 1 aliphatic rings. The van der Waals surface area contributed by atoms with Crippen molar-refractivity contribution in [1.82, 2.24) is 10.2 Å². The number of rotatable bonds is 5. The third-order valence-corrected chi connectivity index (χ3v) is 3.67. The quantitative estimate of drug-likeness (QED) is 0.477. The second-order valence-electron chi connectivity index (χ2n) is 6.95. The van der Waals surface area contributed by atoms with Crippen LogP contribution < -0.4 is 5.32 Å². The molecule has 0 bridgehead atoms. The van der Waals surface area contributed by atoms with Crippen LogP contribution in [0.25, 0.3) is 10.4 Å². The molecule has 0 aliphatic carbocycles. The molecule has 8 nitrogen and oxygen atoms in total. The Labute approximate surface area is 137 Å². The van der Waals surface area contributed by atoms with Crippen molar-refractivity contribution in [2.24, 2.45) is 11.0 Å². The lowest BCUT2D eigenvalue weighted by Crippen LogP contribution is -2.51. The number of alkyl carbamates (subject to hydrolysis) is 1. The van der Waals surface area contributed by atoms with Crippen molar-refractivity contribution in [2.45, 2.75) is 58.6 Å². The third-order valence-electron chi connectivity index (χ3n) is 3.67. The lowest BCUT2D eigenvalue weighted by Gasteiger charge is -2.33. The molecule has 2 amide bonds. The monoisotopic (exact) mass is 325 g/mol. The third kappa shape index (κ3) is 7.23. The number of hydrogen-bond donors (Lipinski definition) is 1. The number of carbonyl (C=O) groups excluding carboxylic acids is 2. The number of ether oxygens (including phenoxy) is 1. The number of likely N-dealkylation sites (tertiary alicyclic amines) is 1. The van der Waals surface area contributed by atoms with E-state index in [9.17, 15) is 9.59 Å². The van der Waals surface area contributed by atoms with Crippen LogP contribution in [0.5, 0.6) is 0 Å². The van der Waals surface area contributed by atoms with E-state index in [1.54, 1.807) is 25.7 Å². The SMILES string of the molecule is CC1CCN(C(=O)C(CCN=[N+]=[N-])NC(=O)OC(C)(C)C)CC1. The molecule has 0 saturated carbocycles. The first kappa shape index (κ1) is 19.1. The number of nitrogens with one attached hydrogen (secondary N) is 1. The highest BCUT2D eigenvalue weighted by Gasteiger charge is 2.29. The van der Waals surface area contributed by atoms with E-state index in [-0.39, 0.29) is 18.9 Å². The maximum absolute atomic E-state index is 12.6. The van der Waals surface area contributed by atoms with E-state index < -0.39 is 17.7 Å². The molecule has 1 rings (SSSR count). The van der Waals surface area contributed by atoms with Gasteiger partial charge in [-0.25, -0.2) is 4.79 Å². The standard InChI is InChI=1S/C15H27N5O3/c1-11-6-9-20(10-7-11)13(21)12(5-8-17-19-16)18-14(22)23-15(2,3)4/h11-12H,5-10H2,1-4H3,(H,18,22). The normalized spacial score (nSPS) is 17.1. The Morgan fingerprint density at radius 2 is 2.00 bits per heavy atom. The average Bonchev–Trinajstić information content (AvgIpc) is 2.44. The van der Waals surface area contributed by atoms with Gasteiger partial charge in [0.1, 0.15) is 11.6 Å². The fourth-order valence-corrected chi connectivity index (χ4v) is 2.39. The first-order valence-corrected chi connectivity index (χ1v) is 8.02. The molecule has 130 valence electrons. The molecule has 0 aromatic carbocycles. The van der Waals surface area contributed by atoms with Gasteiger partial charge in [0.05, 0.1) is 0 Å². The maximum atomic E-state index is 12.6. The minimum Gasteiger partial charge on any atom is -0.444 e. The van der Waals surface area contributed by atoms with Crippen LogP contribution in [0.1, 0.15) is 47.0 Å². The fourth-order valence-electron chi connectivity index (χ4n) is 2.39. The number of piperidine rings is 1. The molecule has 23 heavy (non-hydrogen) atoms. The van der Waals surface area contributed by atoms with Gasteiger partial charge in [-0.2, -0.15) is 0 Å². The Balaban J connectivity index is 2.68. The second kappa shape index (κ2) is 8.62. The lowest BCUT2D eigenvalue weighted by molar-refractivity contribution is -0.134. The van der Waals surface area contributed by atoms with Gasteiger partial charge in [0, 0.05) is 24.5 Å². The van der Waals surface area contributed by atoms with Crippen LogP contribution in [0, 0.1) is 5.92 Å². The summed E-state index contributed by atoms with van der Waals surface area (Å²) in [6.07, 6.45) is 1.54. The molecular weight excluding hydrogens is 298 g/mol. The van der Waals surface area contributed by atoms with Crippen molar-refractivity contribution in [2.75, 3.05) is 19.6 Å². The van der Waals surface area contributed by atoms with Crippen molar-refractivity contribution in [3.05, 3.63) is 10.4 Å². The molecule has 1 atom stereocenters. The van der Waals surface area contributed by atoms with E-state index in [1.807, 2.05) is 0 Å². The minimum absolute atomic E-state index is 0.143. The molecule has 1 N–H and O–H groups in total. The summed E-state index contributed by atoms with van der Waals surface area (Å²) in [5.74, 6) is 0.468. The van der Waals surface area contributed by atoms with Crippen LogP contribution >= 0.6 is 0 Å². The Bertz CT molecular complexity index is 460. The van der Waals surface area contributed by atoms with Gasteiger partial charge in [0.25, 0.3) is 0 Å². The van der Waals surface area contributed by atoms with Crippen molar-refractivity contribution >= 4 is 12.0 Å². The van der Waals surface area contributed by atoms with Crippen LogP contribution in [-0.4, -0.2) is 48.2 Å². The van der Waals surface area contributed by atoms with E-state index in [0.717, 1.165) is 12.8 Å². The van der Waals surface area contributed by atoms with Gasteiger partial charge in [0.2, 0.25) is 5.91 Å². The highest BCUT2D eigenvalue weighted by Crippen LogP contribution is 2.17. The molecule has 1 heterocycles. The Morgan fingerprint density at radius 3 is 2.52 bits per heavy atom. The molecule has 1 aliphatic heterocycles. The highest BCUT2D eigenvalue weighted by atomic mass is 16.6. The summed E-state index contributed by atoms with van der Waals surface area (Å²) >= 11 is 0. The number of nitrogens with zero attached hydrogens (tertiary/aromatic N) is 4. The van der Waals surface area contributed by atoms with E-state index in [4.69, 9.17) is 10.3 Å². The van der Waals surface area contributed by atoms with Crippen molar-refractivity contribution in [3.63, 3.8) is 0 Å². The van der Waals surface area contributed by atoms with Crippen LogP contribution in [0.2, 0.25) is 0 Å². The van der Waals surface area contributed by atoms with Gasteiger partial charge in [-0.15, -0.1) is 0 Å². The van der Waals surface area contributed by atoms with E-state index in [0.29, 0.717) is 19.0 Å². The second-order valence-corrected chi connectivity index (χ2v) is 6.95. The highest BCUT2D eigenvalue weighted by molar-refractivity contribution is 5.85. The van der Waals surface area contributed by atoms with Gasteiger partial charge in [-0.3, -0.25) is 4.79 Å². The molecule has 1 saturated heterocycles. The topological polar surface area (TPSA) is 107 Å². The van der Waals surface area contributed by atoms with Crippen molar-refractivity contribution < 1.29 is 14.3 Å². The zero-order valence-corrected chi connectivity index (χ0v) is 14.4. The summed E-state index contributed by atoms with van der Waals surface area (Å²) in [5, 5.41) is 6.06. The van der Waals surface area contributed by atoms with Gasteiger partial charge < -0.3 is 15.0 Å². The first-order valence-electron chi connectivity index (χ1n) is 8.02. The van der Waals surface area contributed by atoms with Crippen molar-refractivity contribution in [1.29, 1.82) is 0 Å². The van der Waals surface area contributed by atoms with Crippen molar-refractivity contribution in [3.8, 4) is 0 Å². The summed E-state index contributed by atoms with van der Waals surface area (Å²) in [6, 6.07) is -0.733. The number of carbonyl (C=O) groups is 2. The van der Waals surface area contributed by atoms with Crippen LogP contribution in [0.15, 0.2) is 5.11 Å². The Kier molecular flexibility index (Phi) is 7.16. The average molecular weight is 325 g/mol. The molecule has 1 fully saturated rings. The maximum Gasteiger partial charge on any atom is 0.408 e. The summed E-state index contributed by atoms with van der Waals surface area (Å²) < 4.78 is 5.20. The Morgan fingerprint density at radius 1 is 1.39 bits per heavy atom. The van der Waals surface area contributed by atoms with Gasteiger partial charge >= 0.3 is 6.09 Å². The number of azide groups is 1. The summed E-state index contributed by atoms with van der Waals surface area (Å²) in [4.78, 5) is 29.0. The van der Waals surface area contributed by atoms with Gasteiger partial charge in [-0.1, -0.05) is 12.0 Å². The fraction of sp³-hybridized carbons (Fsp3) is 0.867. The molecule has 0 radical (unpaired) electrons. The summed E-state index contributed by atoms with van der Waals surface area (Å²) in [5.41, 5.74) is 7.75. The zero-order valence-electron chi connectivity index (χ0n) is 14.4. The zero-order chi connectivity index (χ0) is 17.5. The number of amides is 2. The van der Waals surface area contributed by atoms with Crippen LogP contribution in [0.3, 0.4) is 0 Å². The molecule has 1 unspecified atom stereocenters. The molecule has 0 aromatic heterocycles. The largest absolute Gasteiger partial charge is 0.444 e. The molecule has 0 aromatic rings. The molecule has 8 heteroatoms. The van der Waals surface area contributed by atoms with Crippen LogP contribution in [-0.2, 0) is 9.53 Å². The predicted octanol–water partition coefficient (Wildman–Crippen LogP) is 2.84. The number of hydrogen-bond acceptors (Lipinski definition) is 4. The lowest BCUT2D eigenvalue weighted by atomic mass is 9.98. The van der Waals surface area contributed by atoms with E-state index in [2.05, 4.69) is 22.3 Å². The van der Waals surface area contributed by atoms with Gasteiger partial charge in [0.15, 0.2) is 0 Å². The smallest absolute Gasteiger partial charge is 0.408 e.